The first-order valence-corrected chi connectivity index (χ1v) is 12.2. The van der Waals surface area contributed by atoms with E-state index >= 15 is 0 Å². The summed E-state index contributed by atoms with van der Waals surface area (Å²) in [4.78, 5) is 32.0. The average Bonchev–Trinajstić information content (AvgIpc) is 2.93. The number of fused-ring (bicyclic) bond motifs is 1. The number of carbonyl (C=O) groups is 1. The van der Waals surface area contributed by atoms with E-state index in [4.69, 9.17) is 27.8 Å². The monoisotopic (exact) mass is 527 g/mol. The quantitative estimate of drug-likeness (QED) is 0.330. The van der Waals surface area contributed by atoms with Crippen LogP contribution in [-0.2, 0) is 6.42 Å². The second-order valence-corrected chi connectivity index (χ2v) is 8.66. The van der Waals surface area contributed by atoms with Crippen LogP contribution in [0, 0.1) is 0 Å². The number of pyridine rings is 1. The lowest BCUT2D eigenvalue weighted by atomic mass is 10.1. The molecule has 9 heteroatoms. The van der Waals surface area contributed by atoms with Crippen molar-refractivity contribution >= 4 is 34.1 Å². The number of rotatable bonds is 5. The number of carbonyl (C=O) groups excluding carboxylic acids is 1. The summed E-state index contributed by atoms with van der Waals surface area (Å²) in [5, 5.41) is 1.97. The number of aryl methyl sites for hydroxylation is 1. The van der Waals surface area contributed by atoms with Crippen LogP contribution in [0.3, 0.4) is 0 Å². The molecule has 0 radical (unpaired) electrons. The molecule has 5 aromatic rings. The molecule has 0 spiro atoms. The molecule has 2 aromatic heterocycles. The highest BCUT2D eigenvalue weighted by atomic mass is 35.5. The number of hydrogen-bond donors (Lipinski definition) is 2. The smallest absolute Gasteiger partial charge is 0.271 e. The summed E-state index contributed by atoms with van der Waals surface area (Å²) in [6, 6.07) is 24.5. The lowest BCUT2D eigenvalue weighted by molar-refractivity contribution is 0.0996. The highest BCUT2D eigenvalue weighted by molar-refractivity contribution is 6.35. The van der Waals surface area contributed by atoms with Crippen molar-refractivity contribution in [2.75, 3.05) is 12.8 Å². The molecule has 0 fully saturated rings. The van der Waals surface area contributed by atoms with E-state index in [1.54, 1.807) is 23.8 Å². The first-order valence-electron chi connectivity index (χ1n) is 11.8. The van der Waals surface area contributed by atoms with Crippen LogP contribution in [0.15, 0.2) is 89.9 Å². The average molecular weight is 528 g/mol. The lowest BCUT2D eigenvalue weighted by Crippen LogP contribution is -2.22. The van der Waals surface area contributed by atoms with Gasteiger partial charge in [-0.05, 0) is 48.2 Å². The van der Waals surface area contributed by atoms with Gasteiger partial charge in [0, 0.05) is 16.9 Å². The van der Waals surface area contributed by atoms with Gasteiger partial charge in [0.2, 0.25) is 0 Å². The van der Waals surface area contributed by atoms with E-state index < -0.39 is 5.91 Å². The molecular formula is C29H26ClN5O3. The van der Waals surface area contributed by atoms with E-state index in [1.165, 1.54) is 6.20 Å². The predicted octanol–water partition coefficient (Wildman–Crippen LogP) is 5.04. The Morgan fingerprint density at radius 2 is 1.76 bits per heavy atom. The number of amides is 1. The Bertz CT molecular complexity index is 1670. The zero-order valence-electron chi connectivity index (χ0n) is 20.9. The predicted molar refractivity (Wildman–Crippen MR) is 151 cm³/mol. The molecule has 5 rings (SSSR count). The number of nitrogens with zero attached hydrogens (tertiary/aromatic N) is 3. The Hall–Kier alpha value is -4.69. The van der Waals surface area contributed by atoms with Crippen LogP contribution in [0.1, 0.15) is 23.1 Å². The third kappa shape index (κ3) is 5.50. The number of ether oxygens (including phenoxy) is 1. The molecule has 0 saturated heterocycles. The van der Waals surface area contributed by atoms with Gasteiger partial charge in [-0.15, -0.1) is 0 Å². The van der Waals surface area contributed by atoms with Crippen molar-refractivity contribution in [3.05, 3.63) is 112 Å². The summed E-state index contributed by atoms with van der Waals surface area (Å²) in [7, 11) is 1.57. The van der Waals surface area contributed by atoms with Gasteiger partial charge in [0.25, 0.3) is 11.5 Å². The van der Waals surface area contributed by atoms with Gasteiger partial charge in [0.1, 0.15) is 5.75 Å². The highest BCUT2D eigenvalue weighted by Crippen LogP contribution is 2.24. The molecule has 0 unspecified atom stereocenters. The number of benzene rings is 3. The summed E-state index contributed by atoms with van der Waals surface area (Å²) >= 11 is 6.20. The number of nitrogens with two attached hydrogens (primary N) is 2. The van der Waals surface area contributed by atoms with E-state index in [2.05, 4.69) is 9.97 Å². The number of aromatic nitrogens is 3. The van der Waals surface area contributed by atoms with Crippen molar-refractivity contribution < 1.29 is 9.53 Å². The third-order valence-electron chi connectivity index (χ3n) is 5.85. The number of methoxy groups -OCH3 is 1. The van der Waals surface area contributed by atoms with Crippen molar-refractivity contribution in [3.63, 3.8) is 0 Å². The first-order chi connectivity index (χ1) is 18.3. The SMILES string of the molecule is CCc1cc2cccc(Cl)c2c(=O)n1-c1ccccc1.COc1cccc(-c2cnc(N)c(C(N)=O)n2)c1. The van der Waals surface area contributed by atoms with Gasteiger partial charge < -0.3 is 16.2 Å². The molecular weight excluding hydrogens is 502 g/mol. The number of hydrogen-bond acceptors (Lipinski definition) is 6. The number of anilines is 1. The Morgan fingerprint density at radius 1 is 1.03 bits per heavy atom. The van der Waals surface area contributed by atoms with E-state index in [1.807, 2.05) is 73.7 Å². The summed E-state index contributed by atoms with van der Waals surface area (Å²) < 4.78 is 6.86. The van der Waals surface area contributed by atoms with Crippen LogP contribution in [-0.4, -0.2) is 27.6 Å². The van der Waals surface area contributed by atoms with Crippen LogP contribution >= 0.6 is 11.6 Å². The summed E-state index contributed by atoms with van der Waals surface area (Å²) in [6.07, 6.45) is 2.27. The van der Waals surface area contributed by atoms with Gasteiger partial charge in [-0.25, -0.2) is 9.97 Å². The Labute approximate surface area is 224 Å². The molecule has 8 nitrogen and oxygen atoms in total. The van der Waals surface area contributed by atoms with E-state index in [-0.39, 0.29) is 17.1 Å². The van der Waals surface area contributed by atoms with Crippen molar-refractivity contribution in [2.45, 2.75) is 13.3 Å². The van der Waals surface area contributed by atoms with Crippen molar-refractivity contribution in [3.8, 4) is 22.7 Å². The van der Waals surface area contributed by atoms with Crippen molar-refractivity contribution in [1.82, 2.24) is 14.5 Å². The molecule has 0 bridgehead atoms. The minimum atomic E-state index is -0.704. The molecule has 1 amide bonds. The molecule has 2 heterocycles. The molecule has 0 atom stereocenters. The second-order valence-electron chi connectivity index (χ2n) is 8.25. The van der Waals surface area contributed by atoms with Gasteiger partial charge in [-0.2, -0.15) is 0 Å². The largest absolute Gasteiger partial charge is 0.497 e. The zero-order chi connectivity index (χ0) is 27.2. The van der Waals surface area contributed by atoms with E-state index in [0.717, 1.165) is 28.8 Å². The molecule has 0 aliphatic rings. The Morgan fingerprint density at radius 3 is 2.45 bits per heavy atom. The zero-order valence-corrected chi connectivity index (χ0v) is 21.6. The molecule has 0 aliphatic carbocycles. The van der Waals surface area contributed by atoms with Crippen LogP contribution in [0.25, 0.3) is 27.7 Å². The van der Waals surface area contributed by atoms with Gasteiger partial charge in [-0.3, -0.25) is 14.2 Å². The number of primary amides is 1. The molecule has 0 saturated carbocycles. The summed E-state index contributed by atoms with van der Waals surface area (Å²) in [5.41, 5.74) is 13.7. The van der Waals surface area contributed by atoms with Crippen molar-refractivity contribution in [2.24, 2.45) is 5.73 Å². The van der Waals surface area contributed by atoms with Crippen LogP contribution in [0.5, 0.6) is 5.75 Å². The molecule has 3 aromatic carbocycles. The minimum Gasteiger partial charge on any atom is -0.497 e. The fraction of sp³-hybridized carbons (Fsp3) is 0.103. The van der Waals surface area contributed by atoms with Gasteiger partial charge in [-0.1, -0.05) is 61.0 Å². The fourth-order valence-electron chi connectivity index (χ4n) is 3.99. The maximum absolute atomic E-state index is 12.8. The van der Waals surface area contributed by atoms with Gasteiger partial charge in [0.15, 0.2) is 11.5 Å². The van der Waals surface area contributed by atoms with E-state index in [9.17, 15) is 9.59 Å². The second kappa shape index (κ2) is 11.6. The normalized spacial score (nSPS) is 10.5. The maximum Gasteiger partial charge on any atom is 0.271 e. The highest BCUT2D eigenvalue weighted by Gasteiger charge is 2.13. The molecule has 4 N–H and O–H groups in total. The standard InChI is InChI=1S/C17H14ClNO.C12H12N4O2/c1-2-13-11-12-7-6-10-15(18)16(12)17(20)19(13)14-8-4-3-5-9-14;1-18-8-4-2-3-7(5-8)9-6-15-11(13)10(16-9)12(14)17/h3-11H,2H2,1H3;2-6H,1H3,(H2,13,15)(H2,14,17). The molecule has 38 heavy (non-hydrogen) atoms. The van der Waals surface area contributed by atoms with Crippen LogP contribution < -0.4 is 21.8 Å². The summed E-state index contributed by atoms with van der Waals surface area (Å²) in [6.45, 7) is 2.05. The maximum atomic E-state index is 12.8. The van der Waals surface area contributed by atoms with Gasteiger partial charge in [0.05, 0.1) is 29.4 Å². The third-order valence-corrected chi connectivity index (χ3v) is 6.16. The van der Waals surface area contributed by atoms with Crippen molar-refractivity contribution in [1.29, 1.82) is 0 Å². The lowest BCUT2D eigenvalue weighted by Gasteiger charge is -2.14. The number of nitrogen functional groups attached to an aromatic ring is 1. The number of para-hydroxylation sites is 1. The van der Waals surface area contributed by atoms with Crippen LogP contribution in [0.2, 0.25) is 5.02 Å². The van der Waals surface area contributed by atoms with Gasteiger partial charge >= 0.3 is 0 Å². The first kappa shape index (κ1) is 26.4. The summed E-state index contributed by atoms with van der Waals surface area (Å²) in [5.74, 6) is 0.00522. The molecule has 192 valence electrons. The minimum absolute atomic E-state index is 0.0224. The Kier molecular flexibility index (Phi) is 8.03. The topological polar surface area (TPSA) is 126 Å². The Balaban J connectivity index is 0.000000178. The molecule has 0 aliphatic heterocycles. The fourth-order valence-corrected chi connectivity index (χ4v) is 4.26. The van der Waals surface area contributed by atoms with Crippen LogP contribution in [0.4, 0.5) is 5.82 Å². The van der Waals surface area contributed by atoms with E-state index in [0.29, 0.717) is 21.9 Å². The number of halogens is 1.